The summed E-state index contributed by atoms with van der Waals surface area (Å²) in [4.78, 5) is 0. The molecule has 19 heavy (non-hydrogen) atoms. The van der Waals surface area contributed by atoms with Crippen LogP contribution in [0.3, 0.4) is 0 Å². The van der Waals surface area contributed by atoms with E-state index in [1.165, 1.54) is 18.4 Å². The van der Waals surface area contributed by atoms with Crippen LogP contribution < -0.4 is 14.8 Å². The third-order valence-corrected chi connectivity index (χ3v) is 4.23. The molecule has 4 nitrogen and oxygen atoms in total. The molecule has 2 unspecified atom stereocenters. The van der Waals surface area contributed by atoms with E-state index in [4.69, 9.17) is 14.2 Å². The summed E-state index contributed by atoms with van der Waals surface area (Å²) in [6.07, 6.45) is 4.25. The van der Waals surface area contributed by atoms with Gasteiger partial charge in [0, 0.05) is 19.2 Å². The van der Waals surface area contributed by atoms with Gasteiger partial charge in [0.25, 0.3) is 0 Å². The molecule has 0 spiro atoms. The number of hydrogen-bond acceptors (Lipinski definition) is 4. The Morgan fingerprint density at radius 2 is 2.00 bits per heavy atom. The minimum Gasteiger partial charge on any atom is -0.454 e. The summed E-state index contributed by atoms with van der Waals surface area (Å²) in [5, 5.41) is 3.64. The van der Waals surface area contributed by atoms with Gasteiger partial charge >= 0.3 is 0 Å². The highest BCUT2D eigenvalue weighted by Crippen LogP contribution is 2.39. The summed E-state index contributed by atoms with van der Waals surface area (Å²) in [5.74, 6) is 2.52. The van der Waals surface area contributed by atoms with E-state index in [-0.39, 0.29) is 0 Å². The Kier molecular flexibility index (Phi) is 2.85. The second-order valence-electron chi connectivity index (χ2n) is 5.64. The van der Waals surface area contributed by atoms with Crippen LogP contribution in [-0.4, -0.2) is 25.5 Å². The van der Waals surface area contributed by atoms with Crippen molar-refractivity contribution in [1.29, 1.82) is 0 Å². The van der Waals surface area contributed by atoms with E-state index in [0.29, 0.717) is 18.9 Å². The minimum atomic E-state index is 0.340. The average molecular weight is 261 g/mol. The SMILES string of the molecule is c1cc2c(cc1CNC1CCOC1C1CC1)OCO2. The maximum atomic E-state index is 5.84. The van der Waals surface area contributed by atoms with Crippen molar-refractivity contribution in [3.8, 4) is 11.5 Å². The minimum absolute atomic E-state index is 0.340. The van der Waals surface area contributed by atoms with Gasteiger partial charge in [0.15, 0.2) is 11.5 Å². The molecule has 0 bridgehead atoms. The van der Waals surface area contributed by atoms with Crippen LogP contribution >= 0.6 is 0 Å². The van der Waals surface area contributed by atoms with Gasteiger partial charge in [-0.15, -0.1) is 0 Å². The number of hydrogen-bond donors (Lipinski definition) is 1. The van der Waals surface area contributed by atoms with Crippen LogP contribution in [0.4, 0.5) is 0 Å². The number of fused-ring (bicyclic) bond motifs is 1. The van der Waals surface area contributed by atoms with E-state index in [1.54, 1.807) is 0 Å². The fraction of sp³-hybridized carbons (Fsp3) is 0.600. The number of rotatable bonds is 4. The predicted octanol–water partition coefficient (Wildman–Crippen LogP) is 2.07. The summed E-state index contributed by atoms with van der Waals surface area (Å²) >= 11 is 0. The Balaban J connectivity index is 1.39. The first-order chi connectivity index (χ1) is 9.40. The summed E-state index contributed by atoms with van der Waals surface area (Å²) in [5.41, 5.74) is 1.24. The molecule has 1 saturated heterocycles. The smallest absolute Gasteiger partial charge is 0.231 e. The highest BCUT2D eigenvalue weighted by Gasteiger charge is 2.40. The molecule has 4 heteroatoms. The van der Waals surface area contributed by atoms with Gasteiger partial charge in [-0.3, -0.25) is 0 Å². The van der Waals surface area contributed by atoms with Crippen LogP contribution in [0.1, 0.15) is 24.8 Å². The maximum Gasteiger partial charge on any atom is 0.231 e. The molecule has 1 aromatic rings. The van der Waals surface area contributed by atoms with Crippen molar-refractivity contribution < 1.29 is 14.2 Å². The lowest BCUT2D eigenvalue weighted by atomic mass is 10.1. The lowest BCUT2D eigenvalue weighted by Crippen LogP contribution is -2.37. The van der Waals surface area contributed by atoms with Crippen LogP contribution in [0.15, 0.2) is 18.2 Å². The second kappa shape index (κ2) is 4.69. The van der Waals surface area contributed by atoms with E-state index in [1.807, 2.05) is 6.07 Å². The Morgan fingerprint density at radius 1 is 1.11 bits per heavy atom. The molecular formula is C15H19NO3. The van der Waals surface area contributed by atoms with Crippen molar-refractivity contribution in [3.05, 3.63) is 23.8 Å². The van der Waals surface area contributed by atoms with Gasteiger partial charge in [-0.2, -0.15) is 0 Å². The van der Waals surface area contributed by atoms with Gasteiger partial charge in [-0.1, -0.05) is 6.07 Å². The van der Waals surface area contributed by atoms with Gasteiger partial charge in [-0.25, -0.2) is 0 Å². The normalized spacial score (nSPS) is 28.8. The summed E-state index contributed by atoms with van der Waals surface area (Å²) in [7, 11) is 0. The molecule has 1 aliphatic carbocycles. The molecule has 2 heterocycles. The Bertz CT molecular complexity index is 472. The highest BCUT2D eigenvalue weighted by atomic mass is 16.7. The molecule has 102 valence electrons. The Morgan fingerprint density at radius 3 is 2.89 bits per heavy atom. The van der Waals surface area contributed by atoms with Gasteiger partial charge in [0.1, 0.15) is 0 Å². The van der Waals surface area contributed by atoms with Crippen molar-refractivity contribution in [2.45, 2.75) is 38.0 Å². The first-order valence-corrected chi connectivity index (χ1v) is 7.14. The molecule has 1 aromatic carbocycles. The van der Waals surface area contributed by atoms with E-state index in [9.17, 15) is 0 Å². The third kappa shape index (κ3) is 2.30. The van der Waals surface area contributed by atoms with Crippen molar-refractivity contribution in [3.63, 3.8) is 0 Å². The zero-order valence-corrected chi connectivity index (χ0v) is 10.9. The second-order valence-corrected chi connectivity index (χ2v) is 5.64. The maximum absolute atomic E-state index is 5.84. The molecule has 0 amide bonds. The summed E-state index contributed by atoms with van der Waals surface area (Å²) in [6, 6.07) is 6.67. The van der Waals surface area contributed by atoms with Gasteiger partial charge in [-0.05, 0) is 42.9 Å². The zero-order chi connectivity index (χ0) is 12.7. The average Bonchev–Trinajstić information content (AvgIpc) is 3.00. The van der Waals surface area contributed by atoms with Crippen molar-refractivity contribution in [2.24, 2.45) is 5.92 Å². The van der Waals surface area contributed by atoms with Gasteiger partial charge in [0.05, 0.1) is 6.10 Å². The van der Waals surface area contributed by atoms with E-state index < -0.39 is 0 Å². The number of nitrogens with one attached hydrogen (secondary N) is 1. The highest BCUT2D eigenvalue weighted by molar-refractivity contribution is 5.44. The molecule has 1 saturated carbocycles. The van der Waals surface area contributed by atoms with E-state index in [2.05, 4.69) is 17.4 Å². The molecule has 0 radical (unpaired) electrons. The zero-order valence-electron chi connectivity index (χ0n) is 10.9. The van der Waals surface area contributed by atoms with E-state index >= 15 is 0 Å². The van der Waals surface area contributed by atoms with Crippen molar-refractivity contribution in [1.82, 2.24) is 5.32 Å². The Hall–Kier alpha value is -1.26. The van der Waals surface area contributed by atoms with Crippen LogP contribution in [0, 0.1) is 5.92 Å². The quantitative estimate of drug-likeness (QED) is 0.900. The van der Waals surface area contributed by atoms with Crippen LogP contribution in [0.2, 0.25) is 0 Å². The lowest BCUT2D eigenvalue weighted by molar-refractivity contribution is 0.0809. The summed E-state index contributed by atoms with van der Waals surface area (Å²) < 4.78 is 16.6. The molecule has 1 N–H and O–H groups in total. The molecule has 3 aliphatic rings. The first kappa shape index (κ1) is 11.6. The summed E-state index contributed by atoms with van der Waals surface area (Å²) in [6.45, 7) is 2.11. The van der Waals surface area contributed by atoms with E-state index in [0.717, 1.165) is 37.0 Å². The van der Waals surface area contributed by atoms with Crippen LogP contribution in [0.5, 0.6) is 11.5 Å². The first-order valence-electron chi connectivity index (χ1n) is 7.14. The number of ether oxygens (including phenoxy) is 3. The fourth-order valence-electron chi connectivity index (χ4n) is 3.02. The van der Waals surface area contributed by atoms with Crippen molar-refractivity contribution >= 4 is 0 Å². The topological polar surface area (TPSA) is 39.7 Å². The fourth-order valence-corrected chi connectivity index (χ4v) is 3.02. The molecule has 0 aromatic heterocycles. The van der Waals surface area contributed by atoms with Crippen molar-refractivity contribution in [2.75, 3.05) is 13.4 Å². The molecule has 4 rings (SSSR count). The molecule has 2 atom stereocenters. The third-order valence-electron chi connectivity index (χ3n) is 4.23. The standard InChI is InChI=1S/C15H19NO3/c1-4-13-14(19-9-18-13)7-10(1)8-16-12-5-6-17-15(12)11-2-3-11/h1,4,7,11-12,15-16H,2-3,5-6,8-9H2. The predicted molar refractivity (Wildman–Crippen MR) is 70.3 cm³/mol. The van der Waals surface area contributed by atoms with Gasteiger partial charge < -0.3 is 19.5 Å². The Labute approximate surface area is 113 Å². The van der Waals surface area contributed by atoms with Gasteiger partial charge in [0.2, 0.25) is 6.79 Å². The molecule has 2 aliphatic heterocycles. The largest absolute Gasteiger partial charge is 0.454 e. The molecular weight excluding hydrogens is 242 g/mol. The lowest BCUT2D eigenvalue weighted by Gasteiger charge is -2.19. The monoisotopic (exact) mass is 261 g/mol. The van der Waals surface area contributed by atoms with Crippen LogP contribution in [0.25, 0.3) is 0 Å². The molecule has 2 fully saturated rings. The van der Waals surface area contributed by atoms with Crippen LogP contribution in [-0.2, 0) is 11.3 Å². The number of benzene rings is 1.